The van der Waals surface area contributed by atoms with E-state index in [-0.39, 0.29) is 29.7 Å². The number of halogens is 1. The van der Waals surface area contributed by atoms with E-state index in [0.29, 0.717) is 18.3 Å². The lowest BCUT2D eigenvalue weighted by atomic mass is 10.0. The molecule has 3 rings (SSSR count). The number of ether oxygens (including phenoxy) is 2. The van der Waals surface area contributed by atoms with Crippen molar-refractivity contribution in [3.8, 4) is 17.2 Å². The van der Waals surface area contributed by atoms with Gasteiger partial charge in [-0.25, -0.2) is 0 Å². The first-order valence-electron chi connectivity index (χ1n) is 10.9. The van der Waals surface area contributed by atoms with Crippen LogP contribution in [0.25, 0.3) is 0 Å². The molecule has 0 aliphatic carbocycles. The van der Waals surface area contributed by atoms with E-state index in [1.807, 2.05) is 24.3 Å². The zero-order chi connectivity index (χ0) is 22.1. The van der Waals surface area contributed by atoms with Gasteiger partial charge in [-0.3, -0.25) is 4.99 Å². The molecule has 0 saturated carbocycles. The maximum Gasteiger partial charge on any atom is 0.191 e. The second-order valence-corrected chi connectivity index (χ2v) is 7.62. The Kier molecular flexibility index (Phi) is 10.7. The van der Waals surface area contributed by atoms with E-state index in [2.05, 4.69) is 34.6 Å². The Hall–Kier alpha value is -2.36. The van der Waals surface area contributed by atoms with Crippen LogP contribution in [0.3, 0.4) is 0 Å². The van der Waals surface area contributed by atoms with Crippen LogP contribution in [-0.4, -0.2) is 57.5 Å². The van der Waals surface area contributed by atoms with Crippen molar-refractivity contribution in [3.05, 3.63) is 48.0 Å². The summed E-state index contributed by atoms with van der Waals surface area (Å²) in [5.74, 6) is 2.39. The zero-order valence-corrected chi connectivity index (χ0v) is 21.5. The Balaban J connectivity index is 0.00000363. The maximum atomic E-state index is 9.75. The number of aliphatic imine (C=N–C) groups is 1. The van der Waals surface area contributed by atoms with Crippen LogP contribution in [0.1, 0.15) is 25.3 Å². The molecule has 0 aromatic heterocycles. The number of methoxy groups -OCH3 is 2. The molecule has 2 aromatic rings. The summed E-state index contributed by atoms with van der Waals surface area (Å²) < 4.78 is 10.7. The van der Waals surface area contributed by atoms with E-state index < -0.39 is 0 Å². The summed E-state index contributed by atoms with van der Waals surface area (Å²) in [6, 6.07) is 13.9. The van der Waals surface area contributed by atoms with Crippen molar-refractivity contribution in [1.82, 2.24) is 10.6 Å². The average molecular weight is 554 g/mol. The lowest BCUT2D eigenvalue weighted by molar-refractivity contribution is 0.373. The lowest BCUT2D eigenvalue weighted by Gasteiger charge is -2.36. The van der Waals surface area contributed by atoms with Crippen molar-refractivity contribution in [1.29, 1.82) is 0 Å². The molecule has 32 heavy (non-hydrogen) atoms. The van der Waals surface area contributed by atoms with E-state index in [1.54, 1.807) is 20.3 Å². The topological polar surface area (TPSA) is 78.4 Å². The summed E-state index contributed by atoms with van der Waals surface area (Å²) in [6.45, 7) is 5.45. The third kappa shape index (κ3) is 7.08. The number of nitrogens with one attached hydrogen (secondary N) is 2. The molecule has 8 heteroatoms. The number of hydrogen-bond donors (Lipinski definition) is 3. The predicted octanol–water partition coefficient (Wildman–Crippen LogP) is 3.79. The second-order valence-electron chi connectivity index (χ2n) is 7.62. The molecule has 1 atom stereocenters. The van der Waals surface area contributed by atoms with Gasteiger partial charge in [0.1, 0.15) is 5.75 Å². The molecular formula is C24H35IN4O3. The van der Waals surface area contributed by atoms with E-state index >= 15 is 0 Å². The Morgan fingerprint density at radius 3 is 2.69 bits per heavy atom. The highest BCUT2D eigenvalue weighted by atomic mass is 127. The fourth-order valence-electron chi connectivity index (χ4n) is 3.89. The number of guanidine groups is 1. The molecule has 0 bridgehead atoms. The molecule has 7 nitrogen and oxygen atoms in total. The minimum absolute atomic E-state index is 0. The second kappa shape index (κ2) is 13.2. The van der Waals surface area contributed by atoms with Crippen molar-refractivity contribution in [3.63, 3.8) is 0 Å². The summed E-state index contributed by atoms with van der Waals surface area (Å²) >= 11 is 0. The van der Waals surface area contributed by atoms with Crippen LogP contribution in [0.5, 0.6) is 17.2 Å². The van der Waals surface area contributed by atoms with Crippen LogP contribution < -0.4 is 25.0 Å². The van der Waals surface area contributed by atoms with Crippen molar-refractivity contribution >= 4 is 35.6 Å². The van der Waals surface area contributed by atoms with Crippen molar-refractivity contribution in [2.45, 2.75) is 32.2 Å². The fourth-order valence-corrected chi connectivity index (χ4v) is 3.89. The number of hydrogen-bond acceptors (Lipinski definition) is 5. The van der Waals surface area contributed by atoms with Gasteiger partial charge in [0.25, 0.3) is 0 Å². The molecule has 1 saturated heterocycles. The first-order valence-corrected chi connectivity index (χ1v) is 10.9. The molecule has 1 unspecified atom stereocenters. The number of piperidine rings is 1. The van der Waals surface area contributed by atoms with Gasteiger partial charge in [-0.05, 0) is 56.0 Å². The first-order chi connectivity index (χ1) is 15.1. The molecule has 2 aromatic carbocycles. The quantitative estimate of drug-likeness (QED) is 0.262. The van der Waals surface area contributed by atoms with Gasteiger partial charge in [0, 0.05) is 32.2 Å². The van der Waals surface area contributed by atoms with E-state index in [1.165, 1.54) is 0 Å². The predicted molar refractivity (Wildman–Crippen MR) is 141 cm³/mol. The van der Waals surface area contributed by atoms with Crippen LogP contribution in [0.15, 0.2) is 47.5 Å². The van der Waals surface area contributed by atoms with Gasteiger partial charge in [0.2, 0.25) is 0 Å². The third-order valence-electron chi connectivity index (χ3n) is 5.45. The number of benzene rings is 2. The van der Waals surface area contributed by atoms with Crippen LogP contribution in [0.4, 0.5) is 5.69 Å². The van der Waals surface area contributed by atoms with Gasteiger partial charge < -0.3 is 30.1 Å². The minimum Gasteiger partial charge on any atom is -0.504 e. The smallest absolute Gasteiger partial charge is 0.191 e. The Bertz CT molecular complexity index is 878. The summed E-state index contributed by atoms with van der Waals surface area (Å²) in [5.41, 5.74) is 2.22. The molecule has 0 radical (unpaired) electrons. The zero-order valence-electron chi connectivity index (χ0n) is 19.1. The summed E-state index contributed by atoms with van der Waals surface area (Å²) in [7, 11) is 3.28. The summed E-state index contributed by atoms with van der Waals surface area (Å²) in [6.07, 6.45) is 2.98. The number of phenols is 1. The highest BCUT2D eigenvalue weighted by Crippen LogP contribution is 2.30. The van der Waals surface area contributed by atoms with Gasteiger partial charge in [-0.2, -0.15) is 0 Å². The van der Waals surface area contributed by atoms with Gasteiger partial charge in [0.05, 0.1) is 19.9 Å². The normalized spacial score (nSPS) is 16.2. The average Bonchev–Trinajstić information content (AvgIpc) is 2.80. The van der Waals surface area contributed by atoms with Crippen molar-refractivity contribution in [2.75, 3.05) is 45.3 Å². The highest BCUT2D eigenvalue weighted by Gasteiger charge is 2.22. The molecule has 1 fully saturated rings. The summed E-state index contributed by atoms with van der Waals surface area (Å²) in [5, 5.41) is 16.7. The fraction of sp³-hybridized carbons (Fsp3) is 0.458. The van der Waals surface area contributed by atoms with E-state index in [4.69, 9.17) is 14.5 Å². The van der Waals surface area contributed by atoms with Crippen LogP contribution >= 0.6 is 24.0 Å². The molecule has 176 valence electrons. The van der Waals surface area contributed by atoms with Crippen LogP contribution in [-0.2, 0) is 6.42 Å². The molecule has 1 heterocycles. The molecule has 0 spiro atoms. The van der Waals surface area contributed by atoms with E-state index in [0.717, 1.165) is 61.9 Å². The largest absolute Gasteiger partial charge is 0.504 e. The van der Waals surface area contributed by atoms with Crippen molar-refractivity contribution in [2.24, 2.45) is 4.99 Å². The maximum absolute atomic E-state index is 9.75. The number of aromatic hydroxyl groups is 1. The number of anilines is 1. The minimum atomic E-state index is 0. The molecular weight excluding hydrogens is 519 g/mol. The van der Waals surface area contributed by atoms with Gasteiger partial charge in [0.15, 0.2) is 17.5 Å². The number of para-hydroxylation sites is 2. The standard InChI is InChI=1S/C24H34N4O3.HI/c1-4-25-24(26-14-13-18-11-12-21(29)23(16-18)31-3)27-19-8-7-15-28(17-19)20-9-5-6-10-22(20)30-2;/h5-6,9-12,16,19,29H,4,7-8,13-15,17H2,1-3H3,(H2,25,26,27);1H. The van der Waals surface area contributed by atoms with Crippen LogP contribution in [0.2, 0.25) is 0 Å². The van der Waals surface area contributed by atoms with Gasteiger partial charge in [-0.15, -0.1) is 24.0 Å². The van der Waals surface area contributed by atoms with Crippen LogP contribution in [0, 0.1) is 0 Å². The lowest BCUT2D eigenvalue weighted by Crippen LogP contribution is -2.51. The molecule has 1 aliphatic rings. The summed E-state index contributed by atoms with van der Waals surface area (Å²) in [4.78, 5) is 7.14. The number of nitrogens with zero attached hydrogens (tertiary/aromatic N) is 2. The van der Waals surface area contributed by atoms with E-state index in [9.17, 15) is 5.11 Å². The number of rotatable bonds is 8. The molecule has 0 amide bonds. The Morgan fingerprint density at radius 2 is 1.94 bits per heavy atom. The highest BCUT2D eigenvalue weighted by molar-refractivity contribution is 14.0. The van der Waals surface area contributed by atoms with Gasteiger partial charge >= 0.3 is 0 Å². The molecule has 3 N–H and O–H groups in total. The Morgan fingerprint density at radius 1 is 1.16 bits per heavy atom. The van der Waals surface area contributed by atoms with Crippen molar-refractivity contribution < 1.29 is 14.6 Å². The number of phenolic OH excluding ortho intramolecular Hbond substituents is 1. The van der Waals surface area contributed by atoms with Gasteiger partial charge in [-0.1, -0.05) is 18.2 Å². The SMILES string of the molecule is CCNC(=NCCc1ccc(O)c(OC)c1)NC1CCCN(c2ccccc2OC)C1.I. The first kappa shape index (κ1) is 25.9. The molecule has 1 aliphatic heterocycles. The third-order valence-corrected chi connectivity index (χ3v) is 5.45. The Labute approximate surface area is 208 Å². The monoisotopic (exact) mass is 554 g/mol.